The average molecular weight is 143 g/mol. The average Bonchev–Trinajstić information content (AvgIpc) is 2.47. The van der Waals surface area contributed by atoms with E-state index in [1.54, 1.807) is 0 Å². The summed E-state index contributed by atoms with van der Waals surface area (Å²) in [5.74, 6) is 0. The molecule has 1 atom stereocenters. The molecule has 0 saturated heterocycles. The van der Waals surface area contributed by atoms with Gasteiger partial charge in [-0.05, 0) is 32.4 Å². The molecule has 0 heterocycles. The molecule has 2 heteroatoms. The number of likely N-dealkylation sites (N-methyl/N-ethyl adjacent to an activating group) is 1. The van der Waals surface area contributed by atoms with Crippen LogP contribution in [0.1, 0.15) is 19.8 Å². The Bertz CT molecular complexity index is 118. The maximum Gasteiger partial charge on any atom is 0.0720 e. The van der Waals surface area contributed by atoms with Gasteiger partial charge < -0.3 is 10.0 Å². The largest absolute Gasteiger partial charge is 0.391 e. The molecule has 1 aliphatic carbocycles. The molecule has 0 radical (unpaired) electrons. The Morgan fingerprint density at radius 3 is 2.30 bits per heavy atom. The van der Waals surface area contributed by atoms with E-state index in [1.807, 2.05) is 19.0 Å². The van der Waals surface area contributed by atoms with E-state index >= 15 is 0 Å². The highest BCUT2D eigenvalue weighted by Crippen LogP contribution is 2.48. The predicted molar refractivity (Wildman–Crippen MR) is 41.9 cm³/mol. The van der Waals surface area contributed by atoms with E-state index in [0.717, 1.165) is 6.54 Å². The lowest BCUT2D eigenvalue weighted by molar-refractivity contribution is 0.0751. The summed E-state index contributed by atoms with van der Waals surface area (Å²) >= 11 is 0. The molecule has 0 amide bonds. The zero-order valence-electron chi connectivity index (χ0n) is 7.09. The molecule has 1 rings (SSSR count). The second-order valence-electron chi connectivity index (χ2n) is 3.93. The second-order valence-corrected chi connectivity index (χ2v) is 3.93. The molecule has 60 valence electrons. The molecule has 0 aromatic carbocycles. The molecule has 1 aliphatic rings. The molecule has 1 N–H and O–H groups in total. The summed E-state index contributed by atoms with van der Waals surface area (Å²) in [7, 11) is 3.99. The number of hydrogen-bond donors (Lipinski definition) is 1. The number of hydrogen-bond acceptors (Lipinski definition) is 2. The Balaban J connectivity index is 2.28. The van der Waals surface area contributed by atoms with Crippen molar-refractivity contribution in [1.82, 2.24) is 4.90 Å². The van der Waals surface area contributed by atoms with Crippen LogP contribution in [0, 0.1) is 5.41 Å². The van der Waals surface area contributed by atoms with Gasteiger partial charge in [-0.15, -0.1) is 0 Å². The van der Waals surface area contributed by atoms with E-state index in [9.17, 15) is 5.11 Å². The van der Waals surface area contributed by atoms with Gasteiger partial charge in [0.25, 0.3) is 0 Å². The van der Waals surface area contributed by atoms with Crippen LogP contribution in [0.2, 0.25) is 0 Å². The summed E-state index contributed by atoms with van der Waals surface area (Å²) in [5, 5.41) is 9.58. The van der Waals surface area contributed by atoms with Gasteiger partial charge in [-0.25, -0.2) is 0 Å². The van der Waals surface area contributed by atoms with Crippen molar-refractivity contribution in [2.45, 2.75) is 25.9 Å². The Labute approximate surface area is 62.8 Å². The Morgan fingerprint density at radius 2 is 2.00 bits per heavy atom. The van der Waals surface area contributed by atoms with Crippen molar-refractivity contribution in [3.8, 4) is 0 Å². The van der Waals surface area contributed by atoms with Gasteiger partial charge in [0, 0.05) is 6.54 Å². The van der Waals surface area contributed by atoms with Crippen molar-refractivity contribution >= 4 is 0 Å². The highest BCUT2D eigenvalue weighted by atomic mass is 16.3. The van der Waals surface area contributed by atoms with Crippen LogP contribution in [0.25, 0.3) is 0 Å². The first-order chi connectivity index (χ1) is 4.54. The summed E-state index contributed by atoms with van der Waals surface area (Å²) in [6.07, 6.45) is 2.27. The van der Waals surface area contributed by atoms with E-state index in [4.69, 9.17) is 0 Å². The van der Waals surface area contributed by atoms with Crippen LogP contribution in [-0.2, 0) is 0 Å². The van der Waals surface area contributed by atoms with Crippen molar-refractivity contribution in [2.75, 3.05) is 20.6 Å². The lowest BCUT2D eigenvalue weighted by Crippen LogP contribution is -2.31. The monoisotopic (exact) mass is 143 g/mol. The SMILES string of the molecule is CN(C)CC(O)C1(C)CC1. The van der Waals surface area contributed by atoms with Crippen LogP contribution in [-0.4, -0.2) is 36.8 Å². The maximum absolute atomic E-state index is 9.58. The Kier molecular flexibility index (Phi) is 2.02. The van der Waals surface area contributed by atoms with Crippen LogP contribution in [0.3, 0.4) is 0 Å². The molecule has 10 heavy (non-hydrogen) atoms. The fourth-order valence-corrected chi connectivity index (χ4v) is 1.10. The third-order valence-electron chi connectivity index (χ3n) is 2.38. The minimum absolute atomic E-state index is 0.123. The molecule has 1 fully saturated rings. The number of nitrogens with zero attached hydrogens (tertiary/aromatic N) is 1. The summed E-state index contributed by atoms with van der Waals surface area (Å²) in [6.45, 7) is 2.96. The lowest BCUT2D eigenvalue weighted by Gasteiger charge is -2.21. The first-order valence-corrected chi connectivity index (χ1v) is 3.87. The van der Waals surface area contributed by atoms with Crippen molar-refractivity contribution in [3.63, 3.8) is 0 Å². The molecule has 0 aromatic rings. The van der Waals surface area contributed by atoms with Crippen LogP contribution in [0.4, 0.5) is 0 Å². The zero-order valence-corrected chi connectivity index (χ0v) is 7.09. The highest BCUT2D eigenvalue weighted by molar-refractivity contribution is 4.95. The number of aliphatic hydroxyl groups is 1. The molecular formula is C8H17NO. The summed E-state index contributed by atoms with van der Waals surface area (Å²) < 4.78 is 0. The molecular weight excluding hydrogens is 126 g/mol. The number of rotatable bonds is 3. The van der Waals surface area contributed by atoms with Crippen molar-refractivity contribution < 1.29 is 5.11 Å². The van der Waals surface area contributed by atoms with Crippen LogP contribution < -0.4 is 0 Å². The second kappa shape index (κ2) is 2.51. The van der Waals surface area contributed by atoms with Gasteiger partial charge in [0.2, 0.25) is 0 Å². The van der Waals surface area contributed by atoms with E-state index in [0.29, 0.717) is 0 Å². The lowest BCUT2D eigenvalue weighted by atomic mass is 10.0. The van der Waals surface area contributed by atoms with Gasteiger partial charge in [0.05, 0.1) is 6.10 Å². The third kappa shape index (κ3) is 1.70. The number of aliphatic hydroxyl groups excluding tert-OH is 1. The van der Waals surface area contributed by atoms with Crippen molar-refractivity contribution in [1.29, 1.82) is 0 Å². The maximum atomic E-state index is 9.58. The molecule has 0 spiro atoms. The van der Waals surface area contributed by atoms with Crippen LogP contribution in [0.5, 0.6) is 0 Å². The molecule has 0 aromatic heterocycles. The zero-order chi connectivity index (χ0) is 7.78. The van der Waals surface area contributed by atoms with Gasteiger partial charge in [-0.3, -0.25) is 0 Å². The fraction of sp³-hybridized carbons (Fsp3) is 1.00. The van der Waals surface area contributed by atoms with Gasteiger partial charge in [-0.1, -0.05) is 6.92 Å². The van der Waals surface area contributed by atoms with E-state index in [-0.39, 0.29) is 11.5 Å². The van der Waals surface area contributed by atoms with Gasteiger partial charge >= 0.3 is 0 Å². The quantitative estimate of drug-likeness (QED) is 0.629. The van der Waals surface area contributed by atoms with Crippen LogP contribution in [0.15, 0.2) is 0 Å². The topological polar surface area (TPSA) is 23.5 Å². The standard InChI is InChI=1S/C8H17NO/c1-8(4-5-8)7(10)6-9(2)3/h7,10H,4-6H2,1-3H3. The molecule has 2 nitrogen and oxygen atoms in total. The third-order valence-corrected chi connectivity index (χ3v) is 2.38. The molecule has 0 bridgehead atoms. The van der Waals surface area contributed by atoms with E-state index < -0.39 is 0 Å². The van der Waals surface area contributed by atoms with E-state index in [2.05, 4.69) is 6.92 Å². The predicted octanol–water partition coefficient (Wildman–Crippen LogP) is 0.709. The summed E-state index contributed by atoms with van der Waals surface area (Å²) in [5.41, 5.74) is 0.254. The highest BCUT2D eigenvalue weighted by Gasteiger charge is 2.43. The first-order valence-electron chi connectivity index (χ1n) is 3.87. The van der Waals surface area contributed by atoms with Crippen molar-refractivity contribution in [2.24, 2.45) is 5.41 Å². The van der Waals surface area contributed by atoms with Crippen molar-refractivity contribution in [3.05, 3.63) is 0 Å². The summed E-state index contributed by atoms with van der Waals surface area (Å²) in [4.78, 5) is 2.04. The molecule has 1 unspecified atom stereocenters. The Hall–Kier alpha value is -0.0800. The Morgan fingerprint density at radius 1 is 1.50 bits per heavy atom. The minimum atomic E-state index is -0.123. The first kappa shape index (κ1) is 8.02. The summed E-state index contributed by atoms with van der Waals surface area (Å²) in [6, 6.07) is 0. The van der Waals surface area contributed by atoms with Gasteiger partial charge in [0.1, 0.15) is 0 Å². The fourth-order valence-electron chi connectivity index (χ4n) is 1.10. The normalized spacial score (nSPS) is 24.9. The van der Waals surface area contributed by atoms with Gasteiger partial charge in [-0.2, -0.15) is 0 Å². The molecule has 0 aliphatic heterocycles. The van der Waals surface area contributed by atoms with E-state index in [1.165, 1.54) is 12.8 Å². The minimum Gasteiger partial charge on any atom is -0.391 e. The molecule has 1 saturated carbocycles. The van der Waals surface area contributed by atoms with Gasteiger partial charge in [0.15, 0.2) is 0 Å². The van der Waals surface area contributed by atoms with Crippen LogP contribution >= 0.6 is 0 Å². The smallest absolute Gasteiger partial charge is 0.0720 e.